The highest BCUT2D eigenvalue weighted by molar-refractivity contribution is 6.05. The third-order valence-electron chi connectivity index (χ3n) is 5.23. The molecule has 0 radical (unpaired) electrons. The summed E-state index contributed by atoms with van der Waals surface area (Å²) in [5.74, 6) is 0.265. The second kappa shape index (κ2) is 9.05. The van der Waals surface area contributed by atoms with E-state index < -0.39 is 0 Å². The summed E-state index contributed by atoms with van der Waals surface area (Å²) in [7, 11) is 0. The largest absolute Gasteiger partial charge is 0.455 e. The molecule has 3 rings (SSSR count). The van der Waals surface area contributed by atoms with Gasteiger partial charge in [0, 0.05) is 23.7 Å². The van der Waals surface area contributed by atoms with Gasteiger partial charge in [-0.1, -0.05) is 50.2 Å². The number of nitrogens with zero attached hydrogens (tertiary/aromatic N) is 1. The molecule has 1 atom stereocenters. The van der Waals surface area contributed by atoms with Gasteiger partial charge in [0.2, 0.25) is 0 Å². The first-order valence-corrected chi connectivity index (χ1v) is 10.1. The van der Waals surface area contributed by atoms with E-state index in [4.69, 9.17) is 4.42 Å². The quantitative estimate of drug-likeness (QED) is 0.654. The van der Waals surface area contributed by atoms with Gasteiger partial charge in [0.05, 0.1) is 10.9 Å². The van der Waals surface area contributed by atoms with Gasteiger partial charge in [0.1, 0.15) is 5.76 Å². The van der Waals surface area contributed by atoms with E-state index >= 15 is 0 Å². The fourth-order valence-electron chi connectivity index (χ4n) is 3.57. The molecule has 152 valence electrons. The molecule has 1 N–H and O–H groups in total. The third kappa shape index (κ3) is 4.40. The van der Waals surface area contributed by atoms with Crippen molar-refractivity contribution in [2.24, 2.45) is 0 Å². The number of carbonyl (C=O) groups is 1. The number of amides is 1. The van der Waals surface area contributed by atoms with Crippen LogP contribution in [0.4, 0.5) is 0 Å². The zero-order chi connectivity index (χ0) is 21.0. The Balaban J connectivity index is 2.02. The van der Waals surface area contributed by atoms with Gasteiger partial charge in [0.15, 0.2) is 11.0 Å². The average molecular weight is 392 g/mol. The van der Waals surface area contributed by atoms with Crippen LogP contribution in [0, 0.1) is 6.92 Å². The summed E-state index contributed by atoms with van der Waals surface area (Å²) in [6.07, 6.45) is 0. The molecule has 1 amide bonds. The summed E-state index contributed by atoms with van der Waals surface area (Å²) in [6, 6.07) is 14.6. The summed E-state index contributed by atoms with van der Waals surface area (Å²) >= 11 is 0. The number of hydrogen-bond acceptors (Lipinski definition) is 4. The first kappa shape index (κ1) is 20.8. The molecule has 3 aromatic rings. The topological polar surface area (TPSA) is 62.6 Å². The Hall–Kier alpha value is -2.92. The SMILES string of the molecule is CCN(CC)CC(C)NC(=O)c1cccc2c(=O)c(C)c(-c3ccccc3)oc12. The third-order valence-corrected chi connectivity index (χ3v) is 5.23. The maximum absolute atomic E-state index is 13.0. The highest BCUT2D eigenvalue weighted by atomic mass is 16.3. The Morgan fingerprint density at radius 3 is 2.41 bits per heavy atom. The lowest BCUT2D eigenvalue weighted by atomic mass is 10.0. The van der Waals surface area contributed by atoms with Crippen molar-refractivity contribution in [1.29, 1.82) is 0 Å². The number of carbonyl (C=O) groups excluding carboxylic acids is 1. The van der Waals surface area contributed by atoms with Gasteiger partial charge in [0.25, 0.3) is 5.91 Å². The smallest absolute Gasteiger partial charge is 0.255 e. The number of hydrogen-bond donors (Lipinski definition) is 1. The lowest BCUT2D eigenvalue weighted by Gasteiger charge is -2.23. The van der Waals surface area contributed by atoms with Crippen molar-refractivity contribution in [3.8, 4) is 11.3 Å². The predicted octanol–water partition coefficient (Wildman–Crippen LogP) is 4.23. The lowest BCUT2D eigenvalue weighted by Crippen LogP contribution is -2.42. The highest BCUT2D eigenvalue weighted by Gasteiger charge is 2.19. The summed E-state index contributed by atoms with van der Waals surface area (Å²) in [6.45, 7) is 10.6. The molecular formula is C24H28N2O3. The molecule has 0 aliphatic carbocycles. The summed E-state index contributed by atoms with van der Waals surface area (Å²) in [5, 5.41) is 3.46. The molecule has 1 unspecified atom stereocenters. The van der Waals surface area contributed by atoms with Crippen molar-refractivity contribution in [1.82, 2.24) is 10.2 Å². The van der Waals surface area contributed by atoms with Crippen LogP contribution < -0.4 is 10.7 Å². The normalized spacial score (nSPS) is 12.3. The molecule has 5 heteroatoms. The molecule has 0 saturated heterocycles. The summed E-state index contributed by atoms with van der Waals surface area (Å²) in [5.41, 5.74) is 1.94. The minimum absolute atomic E-state index is 0.0246. The molecule has 0 bridgehead atoms. The molecule has 29 heavy (non-hydrogen) atoms. The van der Waals surface area contributed by atoms with Crippen LogP contribution in [0.1, 0.15) is 36.7 Å². The zero-order valence-corrected chi connectivity index (χ0v) is 17.5. The van der Waals surface area contributed by atoms with Crippen molar-refractivity contribution >= 4 is 16.9 Å². The van der Waals surface area contributed by atoms with Crippen molar-refractivity contribution in [2.75, 3.05) is 19.6 Å². The minimum Gasteiger partial charge on any atom is -0.455 e. The van der Waals surface area contributed by atoms with Crippen molar-refractivity contribution < 1.29 is 9.21 Å². The van der Waals surface area contributed by atoms with Gasteiger partial charge in [-0.3, -0.25) is 9.59 Å². The fraction of sp³-hybridized carbons (Fsp3) is 0.333. The molecule has 0 spiro atoms. The van der Waals surface area contributed by atoms with Gasteiger partial charge in [-0.15, -0.1) is 0 Å². The van der Waals surface area contributed by atoms with Crippen LogP contribution in [0.25, 0.3) is 22.3 Å². The van der Waals surface area contributed by atoms with Crippen molar-refractivity contribution in [3.05, 3.63) is 69.9 Å². The maximum Gasteiger partial charge on any atom is 0.255 e. The summed E-state index contributed by atoms with van der Waals surface area (Å²) in [4.78, 5) is 28.2. The molecule has 1 heterocycles. The van der Waals surface area contributed by atoms with E-state index in [0.717, 1.165) is 25.2 Å². The molecular weight excluding hydrogens is 364 g/mol. The second-order valence-electron chi connectivity index (χ2n) is 7.29. The Morgan fingerprint density at radius 2 is 1.76 bits per heavy atom. The molecule has 0 aliphatic heterocycles. The molecule has 0 fully saturated rings. The van der Waals surface area contributed by atoms with Crippen molar-refractivity contribution in [3.63, 3.8) is 0 Å². The monoisotopic (exact) mass is 392 g/mol. The first-order valence-electron chi connectivity index (χ1n) is 10.1. The average Bonchev–Trinajstić information content (AvgIpc) is 2.74. The van der Waals surface area contributed by atoms with Crippen LogP contribution in [0.5, 0.6) is 0 Å². The van der Waals surface area contributed by atoms with E-state index in [9.17, 15) is 9.59 Å². The van der Waals surface area contributed by atoms with Crippen LogP contribution in [0.3, 0.4) is 0 Å². The molecule has 2 aromatic carbocycles. The standard InChI is InChI=1S/C24H28N2O3/c1-5-26(6-2)15-16(3)25-24(28)20-14-10-13-19-21(27)17(4)22(29-23(19)20)18-11-8-7-9-12-18/h7-14,16H,5-6,15H2,1-4H3,(H,25,28). The fourth-order valence-corrected chi connectivity index (χ4v) is 3.57. The number of benzene rings is 2. The van der Waals surface area contributed by atoms with Gasteiger partial charge in [-0.05, 0) is 39.1 Å². The van der Waals surface area contributed by atoms with E-state index in [1.165, 1.54) is 0 Å². The first-order chi connectivity index (χ1) is 14.0. The molecule has 5 nitrogen and oxygen atoms in total. The maximum atomic E-state index is 13.0. The Bertz CT molecular complexity index is 1050. The second-order valence-corrected chi connectivity index (χ2v) is 7.29. The van der Waals surface area contributed by atoms with Crippen LogP contribution in [0.15, 0.2) is 57.7 Å². The molecule has 1 aromatic heterocycles. The number of likely N-dealkylation sites (N-methyl/N-ethyl adjacent to an activating group) is 1. The van der Waals surface area contributed by atoms with Gasteiger partial charge in [-0.2, -0.15) is 0 Å². The molecule has 0 aliphatic rings. The van der Waals surface area contributed by atoms with Gasteiger partial charge >= 0.3 is 0 Å². The predicted molar refractivity (Wildman–Crippen MR) is 117 cm³/mol. The Labute approximate surface area is 171 Å². The van der Waals surface area contributed by atoms with E-state index in [1.54, 1.807) is 25.1 Å². The van der Waals surface area contributed by atoms with E-state index in [1.807, 2.05) is 37.3 Å². The molecule has 0 saturated carbocycles. The lowest BCUT2D eigenvalue weighted by molar-refractivity contribution is 0.0931. The van der Waals surface area contributed by atoms with E-state index in [2.05, 4.69) is 24.1 Å². The van der Waals surface area contributed by atoms with Crippen LogP contribution in [-0.4, -0.2) is 36.5 Å². The Kier molecular flexibility index (Phi) is 6.49. The number of nitrogens with one attached hydrogen (secondary N) is 1. The number of fused-ring (bicyclic) bond motifs is 1. The highest BCUT2D eigenvalue weighted by Crippen LogP contribution is 2.27. The van der Waals surface area contributed by atoms with Crippen molar-refractivity contribution in [2.45, 2.75) is 33.7 Å². The number of rotatable bonds is 7. The van der Waals surface area contributed by atoms with E-state index in [0.29, 0.717) is 27.9 Å². The van der Waals surface area contributed by atoms with Crippen LogP contribution in [-0.2, 0) is 0 Å². The summed E-state index contributed by atoms with van der Waals surface area (Å²) < 4.78 is 6.15. The number of para-hydroxylation sites is 1. The van der Waals surface area contributed by atoms with Gasteiger partial charge < -0.3 is 14.6 Å². The Morgan fingerprint density at radius 1 is 1.07 bits per heavy atom. The van der Waals surface area contributed by atoms with Crippen LogP contribution in [0.2, 0.25) is 0 Å². The van der Waals surface area contributed by atoms with Crippen LogP contribution >= 0.6 is 0 Å². The van der Waals surface area contributed by atoms with E-state index in [-0.39, 0.29) is 17.4 Å². The minimum atomic E-state index is -0.235. The van der Waals surface area contributed by atoms with Gasteiger partial charge in [-0.25, -0.2) is 0 Å². The zero-order valence-electron chi connectivity index (χ0n) is 17.5.